The van der Waals surface area contributed by atoms with Crippen molar-refractivity contribution in [3.8, 4) is 0 Å². The topological polar surface area (TPSA) is 110 Å². The first-order chi connectivity index (χ1) is 26.2. The smallest absolute Gasteiger partial charge is 0.338 e. The van der Waals surface area contributed by atoms with Gasteiger partial charge in [-0.25, -0.2) is 23.3 Å². The molecule has 11 nitrogen and oxygen atoms in total. The number of hydrogen-bond acceptors (Lipinski definition) is 6. The Morgan fingerprint density at radius 1 is 0.643 bits per heavy atom. The minimum atomic E-state index is -1.37. The molecule has 1 N–H and O–H groups in total. The van der Waals surface area contributed by atoms with Crippen LogP contribution in [-0.2, 0) is 9.59 Å². The van der Waals surface area contributed by atoms with Crippen LogP contribution in [0, 0.1) is 38.6 Å². The van der Waals surface area contributed by atoms with E-state index in [1.54, 1.807) is 88.9 Å². The van der Waals surface area contributed by atoms with Crippen LogP contribution in [0.1, 0.15) is 66.5 Å². The van der Waals surface area contributed by atoms with E-state index in [2.05, 4.69) is 9.69 Å². The number of aromatic carboxylic acids is 1. The molecule has 2 heterocycles. The lowest BCUT2D eigenvalue weighted by Crippen LogP contribution is -2.44. The van der Waals surface area contributed by atoms with Crippen LogP contribution in [0.5, 0.6) is 0 Å². The molecule has 0 bridgehead atoms. The van der Waals surface area contributed by atoms with Gasteiger partial charge in [0.05, 0.1) is 24.3 Å². The number of hydrogen-bond donors (Lipinski definition) is 1. The maximum atomic E-state index is 14.4. The van der Waals surface area contributed by atoms with Crippen molar-refractivity contribution in [3.05, 3.63) is 130 Å². The van der Waals surface area contributed by atoms with E-state index in [-0.39, 0.29) is 39.1 Å². The second kappa shape index (κ2) is 15.0. The zero-order valence-electron chi connectivity index (χ0n) is 31.3. The van der Waals surface area contributed by atoms with E-state index >= 15 is 0 Å². The Bertz CT molecular complexity index is 2320. The third-order valence-corrected chi connectivity index (χ3v) is 10.2. The van der Waals surface area contributed by atoms with Gasteiger partial charge in [-0.15, -0.1) is 0 Å². The number of benzene rings is 4. The number of nitrogens with zero attached hydrogens (tertiary/aromatic N) is 6. The van der Waals surface area contributed by atoms with Crippen molar-refractivity contribution < 1.29 is 33.1 Å². The molecule has 2 amide bonds. The first kappa shape index (κ1) is 40.8. The lowest BCUT2D eigenvalue weighted by Gasteiger charge is -2.29. The molecule has 2 saturated heterocycles. The molecular formula is C41H34F2N6O5S2. The number of rotatable bonds is 6. The van der Waals surface area contributed by atoms with Crippen molar-refractivity contribution in [1.82, 2.24) is 0 Å². The Morgan fingerprint density at radius 3 is 1.30 bits per heavy atom. The average Bonchev–Trinajstić information content (AvgIpc) is 3.41. The fourth-order valence-corrected chi connectivity index (χ4v) is 7.51. The van der Waals surface area contributed by atoms with Gasteiger partial charge >= 0.3 is 5.97 Å². The Kier molecular flexibility index (Phi) is 10.9. The van der Waals surface area contributed by atoms with Gasteiger partial charge in [-0.2, -0.15) is 0 Å². The summed E-state index contributed by atoms with van der Waals surface area (Å²) in [5.74, 6) is -3.89. The lowest BCUT2D eigenvalue weighted by molar-refractivity contribution is -0.121. The molecule has 0 unspecified atom stereocenters. The van der Waals surface area contributed by atoms with Gasteiger partial charge in [-0.05, 0) is 145 Å². The molecule has 284 valence electrons. The van der Waals surface area contributed by atoms with Gasteiger partial charge in [-0.3, -0.25) is 24.2 Å². The van der Waals surface area contributed by atoms with Crippen molar-refractivity contribution in [2.24, 2.45) is 0 Å². The van der Waals surface area contributed by atoms with Crippen molar-refractivity contribution in [1.29, 1.82) is 0 Å². The number of ketones is 1. The second-order valence-electron chi connectivity index (χ2n) is 14.0. The quantitative estimate of drug-likeness (QED) is 0.116. The van der Waals surface area contributed by atoms with Gasteiger partial charge in [0, 0.05) is 22.7 Å². The van der Waals surface area contributed by atoms with E-state index in [0.29, 0.717) is 34.0 Å². The predicted octanol–water partition coefficient (Wildman–Crippen LogP) is 9.10. The van der Waals surface area contributed by atoms with Crippen LogP contribution >= 0.6 is 24.4 Å². The number of amides is 2. The van der Waals surface area contributed by atoms with E-state index in [0.717, 1.165) is 17.7 Å². The largest absolute Gasteiger partial charge is 0.478 e. The van der Waals surface area contributed by atoms with E-state index < -0.39 is 34.2 Å². The maximum Gasteiger partial charge on any atom is 0.338 e. The Balaban J connectivity index is 0.000000214. The summed E-state index contributed by atoms with van der Waals surface area (Å²) in [4.78, 5) is 61.5. The highest BCUT2D eigenvalue weighted by molar-refractivity contribution is 7.81. The number of carboxylic acid groups (broad SMARTS) is 1. The third kappa shape index (κ3) is 6.98. The molecular weight excluding hydrogens is 759 g/mol. The van der Waals surface area contributed by atoms with Gasteiger partial charge in [-0.1, -0.05) is 12.1 Å². The molecule has 0 aromatic heterocycles. The number of carbonyl (C=O) groups excluding carboxylic acids is 3. The van der Waals surface area contributed by atoms with Crippen molar-refractivity contribution >= 4 is 92.4 Å². The zero-order chi connectivity index (χ0) is 41.6. The monoisotopic (exact) mass is 792 g/mol. The molecule has 15 heteroatoms. The summed E-state index contributed by atoms with van der Waals surface area (Å²) in [5.41, 5.74) is 1.52. The van der Waals surface area contributed by atoms with Gasteiger partial charge in [0.15, 0.2) is 27.4 Å². The highest BCUT2D eigenvalue weighted by Crippen LogP contribution is 2.40. The molecule has 0 saturated carbocycles. The summed E-state index contributed by atoms with van der Waals surface area (Å²) in [6.07, 6.45) is 0. The molecule has 6 rings (SSSR count). The van der Waals surface area contributed by atoms with Gasteiger partial charge in [0.25, 0.3) is 11.8 Å². The molecule has 2 aliphatic heterocycles. The Morgan fingerprint density at radius 2 is 1.00 bits per heavy atom. The average molecular weight is 793 g/mol. The van der Waals surface area contributed by atoms with E-state index in [9.17, 15) is 28.0 Å². The van der Waals surface area contributed by atoms with Crippen LogP contribution in [0.4, 0.5) is 42.9 Å². The van der Waals surface area contributed by atoms with Gasteiger partial charge < -0.3 is 14.9 Å². The zero-order valence-corrected chi connectivity index (χ0v) is 32.9. The molecule has 4 aromatic rings. The van der Waals surface area contributed by atoms with E-state index in [1.807, 2.05) is 0 Å². The Labute approximate surface area is 333 Å². The molecule has 56 heavy (non-hydrogen) atoms. The van der Waals surface area contributed by atoms with Crippen molar-refractivity contribution in [2.75, 3.05) is 19.6 Å². The molecule has 0 aliphatic carbocycles. The highest BCUT2D eigenvalue weighted by Gasteiger charge is 2.51. The normalized spacial score (nSPS) is 15.7. The summed E-state index contributed by atoms with van der Waals surface area (Å²) < 4.78 is 28.6. The van der Waals surface area contributed by atoms with Crippen LogP contribution in [0.3, 0.4) is 0 Å². The summed E-state index contributed by atoms with van der Waals surface area (Å²) in [6.45, 7) is 25.9. The number of aryl methyl sites for hydroxylation is 2. The molecule has 2 aliphatic rings. The third-order valence-electron chi connectivity index (χ3n) is 9.49. The SMILES string of the molecule is [C-]#[N+]c1ccc(N2C(=O)C(C)(C)N(c3ccc(C(=O)O)c(F)c3)C2=S)cc1C.[C-]#[N+]c1ccc(N2C(=O)C(C)(C)N(c3ccc(C(C)=O)c(F)c3)C2=S)cc1C. The summed E-state index contributed by atoms with van der Waals surface area (Å²) >= 11 is 11.1. The second-order valence-corrected chi connectivity index (χ2v) is 14.7. The Hall–Kier alpha value is -6.42. The molecule has 0 atom stereocenters. The van der Waals surface area contributed by atoms with Crippen LogP contribution < -0.4 is 19.6 Å². The predicted molar refractivity (Wildman–Crippen MR) is 218 cm³/mol. The number of Topliss-reactive ketones (excluding diaryl/α,β-unsaturated/α-hetero) is 1. The van der Waals surface area contributed by atoms with Gasteiger partial charge in [0.2, 0.25) is 0 Å². The first-order valence-electron chi connectivity index (χ1n) is 16.9. The fourth-order valence-electron chi connectivity index (χ4n) is 6.47. The van der Waals surface area contributed by atoms with Gasteiger partial charge in [0.1, 0.15) is 22.7 Å². The molecule has 0 spiro atoms. The molecule has 4 aromatic carbocycles. The lowest BCUT2D eigenvalue weighted by atomic mass is 10.0. The molecule has 2 fully saturated rings. The minimum absolute atomic E-state index is 0.0137. The first-order valence-corrected chi connectivity index (χ1v) is 17.7. The standard InChI is InChI=1S/C21H18FN3O2S.C20H16FN3O3S/c1-12-10-14(7-9-18(12)23-5)24-19(27)21(3,4)25(20(24)28)15-6-8-16(13(2)26)17(22)11-15;1-11-9-12(6-8-16(11)22-4)23-18(27)20(2,3)24(19(23)28)13-5-7-14(17(25)26)15(21)10-13/h6-11H,1-4H3;5-10H,1-3H3,(H,25,26). The van der Waals surface area contributed by atoms with E-state index in [1.165, 1.54) is 39.8 Å². The number of thiocarbonyl (C=S) groups is 2. The van der Waals surface area contributed by atoms with Crippen LogP contribution in [0.2, 0.25) is 0 Å². The molecule has 0 radical (unpaired) electrons. The summed E-state index contributed by atoms with van der Waals surface area (Å²) in [6, 6.07) is 17.8. The number of anilines is 4. The van der Waals surface area contributed by atoms with Crippen LogP contribution in [0.25, 0.3) is 9.69 Å². The van der Waals surface area contributed by atoms with Crippen molar-refractivity contribution in [2.45, 2.75) is 59.5 Å². The number of halogens is 2. The summed E-state index contributed by atoms with van der Waals surface area (Å²) in [5, 5.41) is 9.37. The van der Waals surface area contributed by atoms with Crippen LogP contribution in [0.15, 0.2) is 72.8 Å². The van der Waals surface area contributed by atoms with E-state index in [4.69, 9.17) is 42.7 Å². The highest BCUT2D eigenvalue weighted by atomic mass is 32.1. The van der Waals surface area contributed by atoms with Crippen molar-refractivity contribution in [3.63, 3.8) is 0 Å². The minimum Gasteiger partial charge on any atom is -0.478 e. The number of carbonyl (C=O) groups is 4. The van der Waals surface area contributed by atoms with Crippen LogP contribution in [-0.4, -0.2) is 50.0 Å². The maximum absolute atomic E-state index is 14.4. The fraction of sp³-hybridized carbons (Fsp3) is 0.220. The number of carboxylic acids is 1. The summed E-state index contributed by atoms with van der Waals surface area (Å²) in [7, 11) is 0.